The average Bonchev–Trinajstić information content (AvgIpc) is 3.34. The van der Waals surface area contributed by atoms with Crippen LogP contribution in [0, 0.1) is 24.7 Å². The predicted molar refractivity (Wildman–Crippen MR) is 107 cm³/mol. The summed E-state index contributed by atoms with van der Waals surface area (Å²) in [7, 11) is 0. The molecule has 10 nitrogen and oxygen atoms in total. The van der Waals surface area contributed by atoms with Gasteiger partial charge in [-0.3, -0.25) is 14.5 Å². The molecule has 2 N–H and O–H groups in total. The van der Waals surface area contributed by atoms with Gasteiger partial charge in [0.1, 0.15) is 12.1 Å². The van der Waals surface area contributed by atoms with E-state index in [1.165, 1.54) is 0 Å². The number of nitrogens with one attached hydrogen (secondary N) is 1. The van der Waals surface area contributed by atoms with Gasteiger partial charge in [0.2, 0.25) is 0 Å². The summed E-state index contributed by atoms with van der Waals surface area (Å²) >= 11 is 0. The van der Waals surface area contributed by atoms with Crippen molar-refractivity contribution < 1.29 is 19.4 Å². The Hall–Kier alpha value is -2.07. The molecule has 3 heterocycles. The first-order chi connectivity index (χ1) is 14.4. The number of carbonyl (C=O) groups excluding carboxylic acids is 1. The van der Waals surface area contributed by atoms with Gasteiger partial charge in [-0.2, -0.15) is 4.80 Å². The van der Waals surface area contributed by atoms with Crippen LogP contribution in [0.4, 0.5) is 0 Å². The fraction of sp³-hybridized carbons (Fsp3) is 0.850. The molecule has 6 atom stereocenters. The minimum absolute atomic E-state index is 0.00668. The Labute approximate surface area is 176 Å². The number of carbonyl (C=O) groups is 2. The normalized spacial score (nSPS) is 34.5. The second-order valence-electron chi connectivity index (χ2n) is 9.00. The quantitative estimate of drug-likeness (QED) is 0.638. The van der Waals surface area contributed by atoms with Crippen LogP contribution in [-0.2, 0) is 14.3 Å². The second-order valence-corrected chi connectivity index (χ2v) is 9.00. The molecule has 0 bridgehead atoms. The van der Waals surface area contributed by atoms with Gasteiger partial charge in [0, 0.05) is 13.1 Å². The summed E-state index contributed by atoms with van der Waals surface area (Å²) in [5, 5.41) is 25.0. The van der Waals surface area contributed by atoms with Crippen molar-refractivity contribution in [1.29, 1.82) is 0 Å². The van der Waals surface area contributed by atoms with Gasteiger partial charge in [0.15, 0.2) is 5.82 Å². The van der Waals surface area contributed by atoms with Crippen LogP contribution < -0.4 is 5.32 Å². The third kappa shape index (κ3) is 4.49. The summed E-state index contributed by atoms with van der Waals surface area (Å²) < 4.78 is 5.34. The van der Waals surface area contributed by atoms with Crippen LogP contribution in [0.5, 0.6) is 0 Å². The Kier molecular flexibility index (Phi) is 6.33. The van der Waals surface area contributed by atoms with E-state index in [0.717, 1.165) is 32.4 Å². The van der Waals surface area contributed by atoms with E-state index in [0.29, 0.717) is 49.6 Å². The van der Waals surface area contributed by atoms with Crippen LogP contribution in [0.2, 0.25) is 0 Å². The molecule has 0 aromatic carbocycles. The molecule has 4 rings (SSSR count). The van der Waals surface area contributed by atoms with Gasteiger partial charge in [-0.05, 0) is 75.5 Å². The van der Waals surface area contributed by atoms with Crippen LogP contribution in [0.1, 0.15) is 50.9 Å². The van der Waals surface area contributed by atoms with E-state index in [2.05, 4.69) is 25.6 Å². The number of carboxylic acids is 1. The highest BCUT2D eigenvalue weighted by Gasteiger charge is 2.43. The molecule has 0 spiro atoms. The molecule has 0 amide bonds. The van der Waals surface area contributed by atoms with Gasteiger partial charge >= 0.3 is 11.9 Å². The van der Waals surface area contributed by atoms with Gasteiger partial charge in [-0.1, -0.05) is 0 Å². The summed E-state index contributed by atoms with van der Waals surface area (Å²) in [6.45, 7) is 6.31. The first-order valence-corrected chi connectivity index (χ1v) is 11.1. The van der Waals surface area contributed by atoms with Crippen molar-refractivity contribution in [2.75, 3.05) is 26.2 Å². The Morgan fingerprint density at radius 1 is 1.23 bits per heavy atom. The number of rotatable bonds is 6. The highest BCUT2D eigenvalue weighted by molar-refractivity contribution is 5.76. The number of aromatic nitrogens is 4. The van der Waals surface area contributed by atoms with Crippen molar-refractivity contribution in [2.45, 2.75) is 64.1 Å². The third-order valence-electron chi connectivity index (χ3n) is 7.00. The van der Waals surface area contributed by atoms with Crippen molar-refractivity contribution in [3.05, 3.63) is 5.82 Å². The lowest BCUT2D eigenvalue weighted by atomic mass is 9.69. The number of likely N-dealkylation sites (tertiary alicyclic amines) is 1. The number of piperidine rings is 1. The van der Waals surface area contributed by atoms with E-state index < -0.39 is 12.0 Å². The summed E-state index contributed by atoms with van der Waals surface area (Å²) in [6.07, 6.45) is 4.56. The molecule has 1 aromatic heterocycles. The van der Waals surface area contributed by atoms with Gasteiger partial charge in [0.05, 0.1) is 12.6 Å². The summed E-state index contributed by atoms with van der Waals surface area (Å²) in [5.74, 6) is 1.14. The second kappa shape index (κ2) is 8.97. The third-order valence-corrected chi connectivity index (χ3v) is 7.00. The summed E-state index contributed by atoms with van der Waals surface area (Å²) in [6, 6.07) is -0.721. The SMILES string of the molecule is CCOC(=O)[C@@H]1C[C@H](n2nnc(C)n2)CN1C[C@H]1CC[C@H]2CN[C@H](C(=O)O)C[C@H]2C1. The van der Waals surface area contributed by atoms with Gasteiger partial charge in [-0.15, -0.1) is 10.2 Å². The van der Waals surface area contributed by atoms with Crippen molar-refractivity contribution in [3.63, 3.8) is 0 Å². The first kappa shape index (κ1) is 21.2. The number of hydrogen-bond donors (Lipinski definition) is 2. The van der Waals surface area contributed by atoms with Gasteiger partial charge in [-0.25, -0.2) is 0 Å². The van der Waals surface area contributed by atoms with E-state index in [-0.39, 0.29) is 18.1 Å². The first-order valence-electron chi connectivity index (χ1n) is 11.1. The maximum absolute atomic E-state index is 12.6. The Balaban J connectivity index is 1.42. The average molecular weight is 421 g/mol. The van der Waals surface area contributed by atoms with Crippen LogP contribution in [0.3, 0.4) is 0 Å². The Morgan fingerprint density at radius 2 is 2.07 bits per heavy atom. The predicted octanol–water partition coefficient (Wildman–Crippen LogP) is 0.639. The Bertz CT molecular complexity index is 770. The van der Waals surface area contributed by atoms with E-state index in [9.17, 15) is 14.7 Å². The monoisotopic (exact) mass is 420 g/mol. The molecule has 30 heavy (non-hydrogen) atoms. The maximum atomic E-state index is 12.6. The highest BCUT2D eigenvalue weighted by atomic mass is 16.5. The van der Waals surface area contributed by atoms with E-state index in [4.69, 9.17) is 4.74 Å². The molecular weight excluding hydrogens is 388 g/mol. The molecule has 166 valence electrons. The largest absolute Gasteiger partial charge is 0.480 e. The van der Waals surface area contributed by atoms with Gasteiger partial charge < -0.3 is 15.2 Å². The zero-order valence-electron chi connectivity index (χ0n) is 17.7. The number of aliphatic carboxylic acids is 1. The zero-order chi connectivity index (χ0) is 21.3. The lowest BCUT2D eigenvalue weighted by Crippen LogP contribution is -2.50. The lowest BCUT2D eigenvalue weighted by molar-refractivity contribution is -0.149. The van der Waals surface area contributed by atoms with Crippen LogP contribution in [-0.4, -0.2) is 80.5 Å². The number of fused-ring (bicyclic) bond motifs is 1. The number of esters is 1. The fourth-order valence-corrected chi connectivity index (χ4v) is 5.53. The van der Waals surface area contributed by atoms with Gasteiger partial charge in [0.25, 0.3) is 0 Å². The smallest absolute Gasteiger partial charge is 0.323 e. The van der Waals surface area contributed by atoms with E-state index >= 15 is 0 Å². The minimum atomic E-state index is -0.754. The molecule has 10 heteroatoms. The number of nitrogens with zero attached hydrogens (tertiary/aromatic N) is 5. The number of carboxylic acid groups (broad SMARTS) is 1. The van der Waals surface area contributed by atoms with Crippen molar-refractivity contribution in [3.8, 4) is 0 Å². The number of ether oxygens (including phenoxy) is 1. The number of tetrazole rings is 1. The summed E-state index contributed by atoms with van der Waals surface area (Å²) in [5.41, 5.74) is 0. The van der Waals surface area contributed by atoms with E-state index in [1.54, 1.807) is 11.7 Å². The highest BCUT2D eigenvalue weighted by Crippen LogP contribution is 2.40. The molecular formula is C20H32N6O4. The molecule has 3 fully saturated rings. The molecule has 1 aromatic rings. The molecule has 0 unspecified atom stereocenters. The fourth-order valence-electron chi connectivity index (χ4n) is 5.53. The molecule has 1 aliphatic carbocycles. The van der Waals surface area contributed by atoms with Crippen molar-refractivity contribution >= 4 is 11.9 Å². The minimum Gasteiger partial charge on any atom is -0.480 e. The Morgan fingerprint density at radius 3 is 2.77 bits per heavy atom. The number of aryl methyl sites for hydroxylation is 1. The van der Waals surface area contributed by atoms with Crippen LogP contribution in [0.15, 0.2) is 0 Å². The van der Waals surface area contributed by atoms with Crippen LogP contribution >= 0.6 is 0 Å². The zero-order valence-corrected chi connectivity index (χ0v) is 17.7. The summed E-state index contributed by atoms with van der Waals surface area (Å²) in [4.78, 5) is 27.9. The standard InChI is InChI=1S/C20H32N6O4/c1-3-30-20(29)18-8-16(26-23-12(2)22-24-26)11-25(18)10-13-4-5-14-9-21-17(19(27)28)7-15(14)6-13/h13-18,21H,3-11H2,1-2H3,(H,27,28)/t13-,14-,15+,16-,17-,18-/m0/s1. The molecule has 2 saturated heterocycles. The molecule has 0 radical (unpaired) electrons. The molecule has 2 aliphatic heterocycles. The van der Waals surface area contributed by atoms with E-state index in [1.807, 2.05) is 6.92 Å². The van der Waals surface area contributed by atoms with Crippen LogP contribution in [0.25, 0.3) is 0 Å². The number of hydrogen-bond acceptors (Lipinski definition) is 8. The molecule has 1 saturated carbocycles. The topological polar surface area (TPSA) is 122 Å². The maximum Gasteiger partial charge on any atom is 0.323 e. The van der Waals surface area contributed by atoms with Crippen molar-refractivity contribution in [2.24, 2.45) is 17.8 Å². The molecule has 3 aliphatic rings. The van der Waals surface area contributed by atoms with Crippen molar-refractivity contribution in [1.82, 2.24) is 30.4 Å². The lowest BCUT2D eigenvalue weighted by Gasteiger charge is -2.42.